The summed E-state index contributed by atoms with van der Waals surface area (Å²) in [6.45, 7) is 0.973. The third-order valence-corrected chi connectivity index (χ3v) is 9.30. The van der Waals surface area contributed by atoms with Gasteiger partial charge in [-0.25, -0.2) is 0 Å². The van der Waals surface area contributed by atoms with Crippen molar-refractivity contribution in [3.8, 4) is 0 Å². The molecule has 0 amide bonds. The highest BCUT2D eigenvalue weighted by Gasteiger charge is 2.54. The van der Waals surface area contributed by atoms with Gasteiger partial charge in [0.2, 0.25) is 0 Å². The molecule has 4 aromatic rings. The summed E-state index contributed by atoms with van der Waals surface area (Å²) in [5, 5.41) is 12.0. The van der Waals surface area contributed by atoms with Crippen LogP contribution >= 0.6 is 7.37 Å². The van der Waals surface area contributed by atoms with Crippen LogP contribution in [-0.2, 0) is 43.1 Å². The Bertz CT molecular complexity index is 1320. The maximum absolute atomic E-state index is 14.4. The number of aliphatic hydroxyl groups excluding tert-OH is 1. The van der Waals surface area contributed by atoms with Gasteiger partial charge in [-0.3, -0.25) is 4.57 Å². The van der Waals surface area contributed by atoms with Crippen LogP contribution in [0.2, 0.25) is 0 Å². The van der Waals surface area contributed by atoms with Crippen molar-refractivity contribution in [1.29, 1.82) is 0 Å². The first-order valence-electron chi connectivity index (χ1n) is 13.1. The van der Waals surface area contributed by atoms with E-state index in [2.05, 4.69) is 0 Å². The minimum atomic E-state index is -3.76. The number of benzene rings is 4. The normalized spacial score (nSPS) is 24.8. The molecule has 6 nitrogen and oxygen atoms in total. The summed E-state index contributed by atoms with van der Waals surface area (Å²) in [7, 11) is -3.76. The van der Waals surface area contributed by atoms with E-state index < -0.39 is 31.5 Å². The largest absolute Gasteiger partial charge is 0.380 e. The summed E-state index contributed by atoms with van der Waals surface area (Å²) in [5.74, 6) is -1.42. The van der Waals surface area contributed by atoms with Crippen LogP contribution in [0.1, 0.15) is 16.7 Å². The molecule has 1 aliphatic heterocycles. The maximum atomic E-state index is 14.4. The lowest BCUT2D eigenvalue weighted by molar-refractivity contribution is -0.174. The first-order valence-corrected chi connectivity index (χ1v) is 14.8. The third kappa shape index (κ3) is 6.92. The summed E-state index contributed by atoms with van der Waals surface area (Å²) >= 11 is 0. The Morgan fingerprint density at radius 1 is 0.615 bits per heavy atom. The molecular weight excluding hydrogens is 511 g/mol. The Hall–Kier alpha value is -3.09. The standard InChI is InChI=1S/C32H33O6P/c33-32-31(37-23-27-17-9-3-10-18-27)30(36-22-26-15-7-2-8-16-26)29(24-35-21-25-13-5-1-6-14-25)38-39(32,34)28-19-11-4-12-20-28/h1-20,29-33H,21-24H2/t29-,30-,31+,32-,39-/m1/s1. The van der Waals surface area contributed by atoms with Crippen molar-refractivity contribution in [2.75, 3.05) is 6.61 Å². The van der Waals surface area contributed by atoms with Crippen molar-refractivity contribution in [1.82, 2.24) is 0 Å². The number of rotatable bonds is 11. The molecule has 39 heavy (non-hydrogen) atoms. The molecule has 5 rings (SSSR count). The molecule has 202 valence electrons. The van der Waals surface area contributed by atoms with E-state index in [9.17, 15) is 9.67 Å². The van der Waals surface area contributed by atoms with Crippen LogP contribution in [0.15, 0.2) is 121 Å². The molecule has 7 heteroatoms. The molecule has 1 aliphatic rings. The average Bonchev–Trinajstić information content (AvgIpc) is 2.99. The average molecular weight is 545 g/mol. The molecule has 4 aromatic carbocycles. The lowest BCUT2D eigenvalue weighted by Gasteiger charge is -2.44. The zero-order valence-corrected chi connectivity index (χ0v) is 22.5. The van der Waals surface area contributed by atoms with Crippen LogP contribution in [0.5, 0.6) is 0 Å². The predicted molar refractivity (Wildman–Crippen MR) is 151 cm³/mol. The van der Waals surface area contributed by atoms with Gasteiger partial charge < -0.3 is 23.8 Å². The second-order valence-electron chi connectivity index (χ2n) is 9.51. The van der Waals surface area contributed by atoms with E-state index in [-0.39, 0.29) is 19.8 Å². The van der Waals surface area contributed by atoms with Gasteiger partial charge in [-0.1, -0.05) is 109 Å². The second-order valence-corrected chi connectivity index (χ2v) is 12.0. The molecule has 0 saturated carbocycles. The van der Waals surface area contributed by atoms with E-state index in [1.54, 1.807) is 24.3 Å². The highest BCUT2D eigenvalue weighted by Crippen LogP contribution is 2.57. The monoisotopic (exact) mass is 544 g/mol. The van der Waals surface area contributed by atoms with E-state index in [0.29, 0.717) is 11.9 Å². The number of ether oxygens (including phenoxy) is 3. The fourth-order valence-electron chi connectivity index (χ4n) is 4.66. The summed E-state index contributed by atoms with van der Waals surface area (Å²) < 4.78 is 39.4. The molecule has 0 aromatic heterocycles. The van der Waals surface area contributed by atoms with Crippen LogP contribution < -0.4 is 5.30 Å². The maximum Gasteiger partial charge on any atom is 0.262 e. The first kappa shape index (κ1) is 27.5. The van der Waals surface area contributed by atoms with Gasteiger partial charge in [-0.15, -0.1) is 0 Å². The van der Waals surface area contributed by atoms with E-state index in [1.807, 2.05) is 97.1 Å². The summed E-state index contributed by atoms with van der Waals surface area (Å²) in [5.41, 5.74) is 2.91. The Morgan fingerprint density at radius 2 is 1.05 bits per heavy atom. The van der Waals surface area contributed by atoms with E-state index in [1.165, 1.54) is 0 Å². The lowest BCUT2D eigenvalue weighted by atomic mass is 10.1. The van der Waals surface area contributed by atoms with Gasteiger partial charge in [-0.2, -0.15) is 0 Å². The summed E-state index contributed by atoms with van der Waals surface area (Å²) in [6.07, 6.45) is -2.39. The van der Waals surface area contributed by atoms with E-state index in [4.69, 9.17) is 18.7 Å². The molecule has 1 saturated heterocycles. The minimum Gasteiger partial charge on any atom is -0.380 e. The number of aliphatic hydroxyl groups is 1. The van der Waals surface area contributed by atoms with Gasteiger partial charge in [0, 0.05) is 5.30 Å². The van der Waals surface area contributed by atoms with Gasteiger partial charge in [0.05, 0.1) is 26.4 Å². The van der Waals surface area contributed by atoms with Crippen LogP contribution in [0.4, 0.5) is 0 Å². The highest BCUT2D eigenvalue weighted by atomic mass is 31.2. The van der Waals surface area contributed by atoms with Gasteiger partial charge in [0.1, 0.15) is 18.3 Å². The number of hydrogen-bond donors (Lipinski definition) is 1. The fraction of sp³-hybridized carbons (Fsp3) is 0.250. The van der Waals surface area contributed by atoms with Gasteiger partial charge in [0.25, 0.3) is 7.37 Å². The summed E-state index contributed by atoms with van der Waals surface area (Å²) in [6, 6.07) is 38.1. The van der Waals surface area contributed by atoms with Gasteiger partial charge in [-0.05, 0) is 28.8 Å². The SMILES string of the molecule is O=[P@]1(c2ccccc2)O[C@H](COCc2ccccc2)[C@@H](OCc2ccccc2)[C@H](OCc2ccccc2)[C@@H]1O. The molecule has 0 radical (unpaired) electrons. The van der Waals surface area contributed by atoms with Gasteiger partial charge >= 0.3 is 0 Å². The first-order chi connectivity index (χ1) is 19.1. The van der Waals surface area contributed by atoms with Crippen molar-refractivity contribution in [3.63, 3.8) is 0 Å². The molecule has 0 spiro atoms. The molecule has 5 atom stereocenters. The zero-order chi connectivity index (χ0) is 26.9. The topological polar surface area (TPSA) is 74.2 Å². The zero-order valence-electron chi connectivity index (χ0n) is 21.6. The van der Waals surface area contributed by atoms with Crippen molar-refractivity contribution < 1.29 is 28.4 Å². The van der Waals surface area contributed by atoms with Crippen LogP contribution in [0, 0.1) is 0 Å². The van der Waals surface area contributed by atoms with Crippen molar-refractivity contribution in [3.05, 3.63) is 138 Å². The highest BCUT2D eigenvalue weighted by molar-refractivity contribution is 7.67. The second kappa shape index (κ2) is 13.3. The summed E-state index contributed by atoms with van der Waals surface area (Å²) in [4.78, 5) is 0. The molecule has 0 bridgehead atoms. The van der Waals surface area contributed by atoms with Crippen LogP contribution in [0.25, 0.3) is 0 Å². The Balaban J connectivity index is 1.43. The quantitative estimate of drug-likeness (QED) is 0.245. The molecule has 1 N–H and O–H groups in total. The minimum absolute atomic E-state index is 0.114. The smallest absolute Gasteiger partial charge is 0.262 e. The molecular formula is C32H33O6P. The van der Waals surface area contributed by atoms with Crippen LogP contribution in [-0.4, -0.2) is 35.9 Å². The van der Waals surface area contributed by atoms with Crippen molar-refractivity contribution in [2.24, 2.45) is 0 Å². The Morgan fingerprint density at radius 3 is 1.56 bits per heavy atom. The van der Waals surface area contributed by atoms with Crippen LogP contribution in [0.3, 0.4) is 0 Å². The molecule has 0 aliphatic carbocycles. The van der Waals surface area contributed by atoms with E-state index >= 15 is 0 Å². The van der Waals surface area contributed by atoms with Crippen molar-refractivity contribution >= 4 is 12.7 Å². The third-order valence-electron chi connectivity index (χ3n) is 6.70. The lowest BCUT2D eigenvalue weighted by Crippen LogP contribution is -2.55. The molecule has 1 heterocycles. The predicted octanol–water partition coefficient (Wildman–Crippen LogP) is 5.69. The van der Waals surface area contributed by atoms with E-state index in [0.717, 1.165) is 16.7 Å². The Labute approximate surface area is 229 Å². The van der Waals surface area contributed by atoms with Gasteiger partial charge in [0.15, 0.2) is 5.85 Å². The molecule has 1 fully saturated rings. The fourth-order valence-corrected chi connectivity index (χ4v) is 7.02. The number of hydrogen-bond acceptors (Lipinski definition) is 6. The van der Waals surface area contributed by atoms with Crippen molar-refractivity contribution in [2.45, 2.75) is 44.0 Å². The Kier molecular flexibility index (Phi) is 9.38. The molecule has 0 unspecified atom stereocenters.